The van der Waals surface area contributed by atoms with Gasteiger partial charge in [0.15, 0.2) is 0 Å². The molecule has 5 rings (SSSR count). The van der Waals surface area contributed by atoms with E-state index in [-0.39, 0.29) is 23.2 Å². The SMILES string of the molecule is Cc1nc(C(=O)N2CCN(C)CC2C(O)c2cc3cc(F)ccc3o2)c(-c2ccc(F)cc2)s1. The highest BCUT2D eigenvalue weighted by Gasteiger charge is 2.38. The van der Waals surface area contributed by atoms with Crippen LogP contribution in [0, 0.1) is 18.6 Å². The fraction of sp³-hybridized carbons (Fsp3) is 0.280. The van der Waals surface area contributed by atoms with Gasteiger partial charge >= 0.3 is 0 Å². The van der Waals surface area contributed by atoms with Crippen molar-refractivity contribution < 1.29 is 23.1 Å². The van der Waals surface area contributed by atoms with Gasteiger partial charge in [-0.3, -0.25) is 4.79 Å². The van der Waals surface area contributed by atoms with Gasteiger partial charge < -0.3 is 19.3 Å². The van der Waals surface area contributed by atoms with Crippen molar-refractivity contribution >= 4 is 28.2 Å². The van der Waals surface area contributed by atoms with Crippen LogP contribution in [0.4, 0.5) is 8.78 Å². The summed E-state index contributed by atoms with van der Waals surface area (Å²) in [5, 5.41) is 12.5. The molecule has 1 aliphatic rings. The Hall–Kier alpha value is -3.14. The molecule has 6 nitrogen and oxygen atoms in total. The van der Waals surface area contributed by atoms with Crippen LogP contribution in [0.15, 0.2) is 52.9 Å². The smallest absolute Gasteiger partial charge is 0.274 e. The molecule has 1 fully saturated rings. The van der Waals surface area contributed by atoms with E-state index in [1.807, 2.05) is 18.9 Å². The predicted molar refractivity (Wildman–Crippen MR) is 126 cm³/mol. The topological polar surface area (TPSA) is 69.8 Å². The molecule has 1 N–H and O–H groups in total. The number of aryl methyl sites for hydroxylation is 1. The van der Waals surface area contributed by atoms with Gasteiger partial charge in [-0.05, 0) is 55.9 Å². The van der Waals surface area contributed by atoms with Crippen molar-refractivity contribution in [3.8, 4) is 10.4 Å². The third-order valence-corrected chi connectivity index (χ3v) is 7.10. The summed E-state index contributed by atoms with van der Waals surface area (Å²) in [5.74, 6) is -0.781. The van der Waals surface area contributed by atoms with Gasteiger partial charge in [0, 0.05) is 25.0 Å². The van der Waals surface area contributed by atoms with Crippen LogP contribution in [-0.2, 0) is 0 Å². The minimum atomic E-state index is -1.11. The van der Waals surface area contributed by atoms with Gasteiger partial charge in [0.05, 0.1) is 15.9 Å². The molecule has 2 aromatic heterocycles. The van der Waals surface area contributed by atoms with E-state index in [4.69, 9.17) is 4.42 Å². The summed E-state index contributed by atoms with van der Waals surface area (Å²) in [6.45, 7) is 3.27. The Balaban J connectivity index is 1.49. The zero-order valence-corrected chi connectivity index (χ0v) is 19.5. The number of likely N-dealkylation sites (N-methyl/N-ethyl adjacent to an activating group) is 1. The molecule has 1 aliphatic heterocycles. The van der Waals surface area contributed by atoms with Crippen molar-refractivity contribution in [2.24, 2.45) is 0 Å². The number of hydrogen-bond acceptors (Lipinski definition) is 6. The van der Waals surface area contributed by atoms with Crippen LogP contribution >= 0.6 is 11.3 Å². The summed E-state index contributed by atoms with van der Waals surface area (Å²) < 4.78 is 32.9. The number of furan rings is 1. The van der Waals surface area contributed by atoms with Crippen molar-refractivity contribution in [3.05, 3.63) is 76.6 Å². The fourth-order valence-electron chi connectivity index (χ4n) is 4.35. The number of nitrogens with zero attached hydrogens (tertiary/aromatic N) is 3. The Labute approximate surface area is 199 Å². The average molecular weight is 484 g/mol. The van der Waals surface area contributed by atoms with E-state index in [1.54, 1.807) is 23.1 Å². The second kappa shape index (κ2) is 8.90. The lowest BCUT2D eigenvalue weighted by Gasteiger charge is -2.41. The standard InChI is InChI=1S/C25H23F2N3O3S/c1-14-28-22(24(34-14)15-3-5-17(26)6-4-15)25(32)30-10-9-29(2)13-19(30)23(31)21-12-16-11-18(27)7-8-20(16)33-21/h3-8,11-12,19,23,31H,9-10,13H2,1-2H3. The maximum Gasteiger partial charge on any atom is 0.274 e. The lowest BCUT2D eigenvalue weighted by Crippen LogP contribution is -2.56. The molecule has 0 radical (unpaired) electrons. The molecule has 2 unspecified atom stereocenters. The van der Waals surface area contributed by atoms with Crippen molar-refractivity contribution in [1.82, 2.24) is 14.8 Å². The van der Waals surface area contributed by atoms with Gasteiger partial charge in [0.2, 0.25) is 0 Å². The summed E-state index contributed by atoms with van der Waals surface area (Å²) in [5.41, 5.74) is 1.45. The van der Waals surface area contributed by atoms with Crippen molar-refractivity contribution in [3.63, 3.8) is 0 Å². The van der Waals surface area contributed by atoms with E-state index in [1.165, 1.54) is 41.7 Å². The predicted octanol–water partition coefficient (Wildman–Crippen LogP) is 4.63. The summed E-state index contributed by atoms with van der Waals surface area (Å²) in [4.78, 5) is 22.5. The number of carbonyl (C=O) groups excluding carboxylic acids is 1. The lowest BCUT2D eigenvalue weighted by atomic mass is 10.0. The van der Waals surface area contributed by atoms with Crippen LogP contribution in [0.1, 0.15) is 27.4 Å². The van der Waals surface area contributed by atoms with E-state index < -0.39 is 18.0 Å². The first-order valence-electron chi connectivity index (χ1n) is 10.9. The Morgan fingerprint density at radius 2 is 1.88 bits per heavy atom. The normalized spacial score (nSPS) is 17.9. The molecule has 176 valence electrons. The number of carbonyl (C=O) groups is 1. The van der Waals surface area contributed by atoms with Crippen molar-refractivity contribution in [2.45, 2.75) is 19.1 Å². The Morgan fingerprint density at radius 3 is 2.65 bits per heavy atom. The first-order chi connectivity index (χ1) is 16.3. The van der Waals surface area contributed by atoms with Crippen LogP contribution in [0.5, 0.6) is 0 Å². The summed E-state index contributed by atoms with van der Waals surface area (Å²) in [6, 6.07) is 11.1. The second-order valence-corrected chi connectivity index (χ2v) is 9.72. The van der Waals surface area contributed by atoms with Crippen LogP contribution < -0.4 is 0 Å². The van der Waals surface area contributed by atoms with E-state index in [2.05, 4.69) is 4.98 Å². The third-order valence-electron chi connectivity index (χ3n) is 6.08. The largest absolute Gasteiger partial charge is 0.458 e. The highest BCUT2D eigenvalue weighted by molar-refractivity contribution is 7.15. The number of thiazole rings is 1. The van der Waals surface area contributed by atoms with Crippen LogP contribution in [0.2, 0.25) is 0 Å². The second-order valence-electron chi connectivity index (χ2n) is 8.52. The molecule has 3 heterocycles. The molecular formula is C25H23F2N3O3S. The molecule has 9 heteroatoms. The van der Waals surface area contributed by atoms with Crippen LogP contribution in [0.25, 0.3) is 21.4 Å². The molecule has 34 heavy (non-hydrogen) atoms. The Bertz CT molecular complexity index is 1350. The molecule has 0 aliphatic carbocycles. The molecule has 0 bridgehead atoms. The zero-order chi connectivity index (χ0) is 24.0. The van der Waals surface area contributed by atoms with E-state index in [0.717, 1.165) is 0 Å². The Kier molecular flexibility index (Phi) is 5.93. The van der Waals surface area contributed by atoms with Crippen LogP contribution in [-0.4, -0.2) is 58.5 Å². The van der Waals surface area contributed by atoms with E-state index >= 15 is 0 Å². The minimum absolute atomic E-state index is 0.270. The molecule has 1 saturated heterocycles. The molecule has 2 atom stereocenters. The average Bonchev–Trinajstić information content (AvgIpc) is 3.41. The Morgan fingerprint density at radius 1 is 1.15 bits per heavy atom. The van der Waals surface area contributed by atoms with Crippen molar-refractivity contribution in [2.75, 3.05) is 26.7 Å². The number of piperazine rings is 1. The molecule has 2 aromatic carbocycles. The monoisotopic (exact) mass is 483 g/mol. The van der Waals surface area contributed by atoms with Gasteiger partial charge in [0.1, 0.15) is 34.8 Å². The highest BCUT2D eigenvalue weighted by atomic mass is 32.1. The number of benzene rings is 2. The molecule has 0 spiro atoms. The lowest BCUT2D eigenvalue weighted by molar-refractivity contribution is -0.00353. The number of amides is 1. The van der Waals surface area contributed by atoms with Gasteiger partial charge in [-0.25, -0.2) is 13.8 Å². The number of fused-ring (bicyclic) bond motifs is 1. The molecular weight excluding hydrogens is 460 g/mol. The molecule has 4 aromatic rings. The minimum Gasteiger partial charge on any atom is -0.458 e. The first-order valence-corrected chi connectivity index (χ1v) is 11.7. The molecule has 0 saturated carbocycles. The zero-order valence-electron chi connectivity index (χ0n) is 18.7. The quantitative estimate of drug-likeness (QED) is 0.458. The van der Waals surface area contributed by atoms with Gasteiger partial charge in [0.25, 0.3) is 5.91 Å². The maximum absolute atomic E-state index is 13.7. The number of aliphatic hydroxyl groups is 1. The number of halogens is 2. The number of hydrogen-bond donors (Lipinski definition) is 1. The van der Waals surface area contributed by atoms with E-state index in [0.29, 0.717) is 46.1 Å². The fourth-order valence-corrected chi connectivity index (χ4v) is 5.27. The third kappa shape index (κ3) is 4.22. The maximum atomic E-state index is 13.7. The van der Waals surface area contributed by atoms with Crippen LogP contribution in [0.3, 0.4) is 0 Å². The highest BCUT2D eigenvalue weighted by Crippen LogP contribution is 2.34. The number of rotatable bonds is 4. The summed E-state index contributed by atoms with van der Waals surface area (Å²) in [7, 11) is 1.92. The summed E-state index contributed by atoms with van der Waals surface area (Å²) >= 11 is 1.37. The summed E-state index contributed by atoms with van der Waals surface area (Å²) in [6.07, 6.45) is -1.11. The first kappa shape index (κ1) is 22.6. The van der Waals surface area contributed by atoms with Gasteiger partial charge in [-0.1, -0.05) is 12.1 Å². The van der Waals surface area contributed by atoms with Crippen molar-refractivity contribution in [1.29, 1.82) is 0 Å². The van der Waals surface area contributed by atoms with Gasteiger partial charge in [-0.15, -0.1) is 11.3 Å². The number of aliphatic hydroxyl groups excluding tert-OH is 1. The number of aromatic nitrogens is 1. The van der Waals surface area contributed by atoms with E-state index in [9.17, 15) is 18.7 Å². The van der Waals surface area contributed by atoms with Gasteiger partial charge in [-0.2, -0.15) is 0 Å². The molecule has 1 amide bonds.